The van der Waals surface area contributed by atoms with Gasteiger partial charge in [0, 0.05) is 5.69 Å². The smallest absolute Gasteiger partial charge is 0.348 e. The number of thiophene rings is 1. The first-order chi connectivity index (χ1) is 17.3. The van der Waals surface area contributed by atoms with Crippen molar-refractivity contribution in [3.8, 4) is 5.75 Å². The number of ether oxygens (including phenoxy) is 2. The third kappa shape index (κ3) is 5.58. The normalized spacial score (nSPS) is 10.7. The number of benzene rings is 2. The lowest BCUT2D eigenvalue weighted by atomic mass is 10.2. The van der Waals surface area contributed by atoms with Crippen molar-refractivity contribution in [2.24, 2.45) is 0 Å². The van der Waals surface area contributed by atoms with Gasteiger partial charge in [0.15, 0.2) is 0 Å². The molecule has 36 heavy (non-hydrogen) atoms. The van der Waals surface area contributed by atoms with Crippen molar-refractivity contribution in [3.63, 3.8) is 0 Å². The average molecular weight is 508 g/mol. The number of hydrogen-bond donors (Lipinski definition) is 2. The van der Waals surface area contributed by atoms with Crippen LogP contribution in [0.25, 0.3) is 10.2 Å². The molecule has 0 unspecified atom stereocenters. The minimum atomic E-state index is -1.08. The first-order valence-corrected chi connectivity index (χ1v) is 11.6. The van der Waals surface area contributed by atoms with E-state index >= 15 is 0 Å². The highest BCUT2D eigenvalue weighted by atomic mass is 32.1. The van der Waals surface area contributed by atoms with Gasteiger partial charge >= 0.3 is 11.9 Å². The number of anilines is 1. The van der Waals surface area contributed by atoms with Crippen molar-refractivity contribution >= 4 is 45.1 Å². The van der Waals surface area contributed by atoms with Gasteiger partial charge in [0.2, 0.25) is 5.91 Å². The Morgan fingerprint density at radius 2 is 1.78 bits per heavy atom. The summed E-state index contributed by atoms with van der Waals surface area (Å²) in [6.07, 6.45) is 1.25. The molecule has 0 spiro atoms. The molecule has 0 saturated heterocycles. The number of carboxylic acids is 1. The van der Waals surface area contributed by atoms with Crippen LogP contribution >= 0.6 is 11.3 Å². The highest BCUT2D eigenvalue weighted by Gasteiger charge is 2.21. The highest BCUT2D eigenvalue weighted by molar-refractivity contribution is 7.20. The second-order valence-corrected chi connectivity index (χ2v) is 8.64. The number of nitrogens with one attached hydrogen (secondary N) is 1. The van der Waals surface area contributed by atoms with Crippen molar-refractivity contribution in [2.75, 3.05) is 18.5 Å². The van der Waals surface area contributed by atoms with E-state index in [1.165, 1.54) is 30.6 Å². The molecule has 11 heteroatoms. The summed E-state index contributed by atoms with van der Waals surface area (Å²) >= 11 is 1.05. The summed E-state index contributed by atoms with van der Waals surface area (Å²) in [5.41, 5.74) is 0.446. The lowest BCUT2D eigenvalue weighted by Gasteiger charge is -2.08. The maximum absolute atomic E-state index is 13.0. The minimum Gasteiger partial charge on any atom is -0.490 e. The topological polar surface area (TPSA) is 137 Å². The average Bonchev–Trinajstić information content (AvgIpc) is 3.21. The van der Waals surface area contributed by atoms with Crippen LogP contribution in [0.5, 0.6) is 5.75 Å². The van der Waals surface area contributed by atoms with E-state index in [9.17, 15) is 19.2 Å². The predicted octanol–water partition coefficient (Wildman–Crippen LogP) is 3.34. The van der Waals surface area contributed by atoms with Crippen molar-refractivity contribution in [2.45, 2.75) is 13.5 Å². The predicted molar refractivity (Wildman–Crippen MR) is 133 cm³/mol. The molecule has 0 aliphatic heterocycles. The molecular formula is C25H21N3O7S. The lowest BCUT2D eigenvalue weighted by Crippen LogP contribution is -2.28. The zero-order chi connectivity index (χ0) is 25.7. The van der Waals surface area contributed by atoms with Gasteiger partial charge < -0.3 is 19.9 Å². The summed E-state index contributed by atoms with van der Waals surface area (Å²) in [5.74, 6) is -1.49. The molecule has 0 radical (unpaired) electrons. The molecule has 184 valence electrons. The Morgan fingerprint density at radius 1 is 1.06 bits per heavy atom. The first-order valence-electron chi connectivity index (χ1n) is 10.8. The first kappa shape index (κ1) is 24.6. The molecule has 10 nitrogen and oxygen atoms in total. The molecule has 0 atom stereocenters. The molecule has 0 saturated carbocycles. The fourth-order valence-corrected chi connectivity index (χ4v) is 4.43. The van der Waals surface area contributed by atoms with Crippen LogP contribution in [0, 0.1) is 6.92 Å². The van der Waals surface area contributed by atoms with Crippen LogP contribution in [0.15, 0.2) is 65.7 Å². The van der Waals surface area contributed by atoms with E-state index in [0.29, 0.717) is 21.8 Å². The van der Waals surface area contributed by atoms with Gasteiger partial charge in [-0.15, -0.1) is 11.3 Å². The SMILES string of the molecule is Cc1c(C(=O)OCCOc2ccccc2)sc2ncn(CC(=O)Nc3ccc(C(=O)O)cc3)c(=O)c12. The molecule has 4 rings (SSSR count). The Morgan fingerprint density at radius 3 is 2.47 bits per heavy atom. The number of amides is 1. The second-order valence-electron chi connectivity index (χ2n) is 7.64. The Kier molecular flexibility index (Phi) is 7.40. The summed E-state index contributed by atoms with van der Waals surface area (Å²) in [6.45, 7) is 1.54. The van der Waals surface area contributed by atoms with Crippen LogP contribution in [0.4, 0.5) is 5.69 Å². The summed E-state index contributed by atoms with van der Waals surface area (Å²) in [7, 11) is 0. The van der Waals surface area contributed by atoms with Crippen LogP contribution in [-0.4, -0.2) is 45.7 Å². The number of rotatable bonds is 9. The van der Waals surface area contributed by atoms with Crippen molar-refractivity contribution < 1.29 is 29.0 Å². The number of fused-ring (bicyclic) bond motifs is 1. The van der Waals surface area contributed by atoms with Gasteiger partial charge in [-0.25, -0.2) is 14.6 Å². The van der Waals surface area contributed by atoms with E-state index in [-0.39, 0.29) is 35.6 Å². The van der Waals surface area contributed by atoms with E-state index in [1.807, 2.05) is 18.2 Å². The number of aryl methyl sites for hydroxylation is 1. The molecule has 0 aliphatic carbocycles. The van der Waals surface area contributed by atoms with Crippen LogP contribution in [0.1, 0.15) is 25.6 Å². The third-order valence-corrected chi connectivity index (χ3v) is 6.34. The molecule has 0 aliphatic rings. The minimum absolute atomic E-state index is 0.0344. The van der Waals surface area contributed by atoms with E-state index in [1.54, 1.807) is 19.1 Å². The van der Waals surface area contributed by atoms with Gasteiger partial charge in [-0.1, -0.05) is 18.2 Å². The summed E-state index contributed by atoms with van der Waals surface area (Å²) in [5, 5.41) is 11.8. The Hall–Kier alpha value is -4.51. The van der Waals surface area contributed by atoms with Crippen LogP contribution < -0.4 is 15.6 Å². The third-order valence-electron chi connectivity index (χ3n) is 5.16. The number of hydrogen-bond acceptors (Lipinski definition) is 8. The van der Waals surface area contributed by atoms with Crippen LogP contribution in [-0.2, 0) is 16.1 Å². The van der Waals surface area contributed by atoms with Crippen molar-refractivity contribution in [1.29, 1.82) is 0 Å². The Balaban J connectivity index is 1.41. The quantitative estimate of drug-likeness (QED) is 0.260. The standard InChI is InChI=1S/C25H21N3O7S/c1-15-20-22(36-21(15)25(33)35-12-11-34-18-5-3-2-4-6-18)26-14-28(23(20)30)13-19(29)27-17-9-7-16(8-10-17)24(31)32/h2-10,14H,11-13H2,1H3,(H,27,29)(H,31,32). The molecule has 4 aromatic rings. The number of aromatic carboxylic acids is 1. The molecule has 0 bridgehead atoms. The second kappa shape index (κ2) is 10.8. The van der Waals surface area contributed by atoms with Crippen molar-refractivity contribution in [1.82, 2.24) is 9.55 Å². The summed E-state index contributed by atoms with van der Waals surface area (Å²) < 4.78 is 11.9. The van der Waals surface area contributed by atoms with Crippen molar-refractivity contribution in [3.05, 3.63) is 87.3 Å². The highest BCUT2D eigenvalue weighted by Crippen LogP contribution is 2.27. The van der Waals surface area contributed by atoms with E-state index in [0.717, 1.165) is 15.9 Å². The van der Waals surface area contributed by atoms with E-state index in [2.05, 4.69) is 10.3 Å². The Bertz CT molecular complexity index is 1480. The molecule has 2 N–H and O–H groups in total. The summed E-state index contributed by atoms with van der Waals surface area (Å²) in [4.78, 5) is 53.9. The molecule has 0 fully saturated rings. The maximum Gasteiger partial charge on any atom is 0.348 e. The fraction of sp³-hybridized carbons (Fsp3) is 0.160. The molecule has 2 aromatic heterocycles. The largest absolute Gasteiger partial charge is 0.490 e. The van der Waals surface area contributed by atoms with Gasteiger partial charge in [0.05, 0.1) is 17.3 Å². The number of para-hydroxylation sites is 1. The number of carbonyl (C=O) groups is 3. The summed E-state index contributed by atoms with van der Waals surface area (Å²) in [6, 6.07) is 14.8. The van der Waals surface area contributed by atoms with Crippen LogP contribution in [0.3, 0.4) is 0 Å². The molecule has 1 amide bonds. The van der Waals surface area contributed by atoms with Gasteiger partial charge in [-0.3, -0.25) is 14.2 Å². The number of esters is 1. The van der Waals surface area contributed by atoms with Crippen LogP contribution in [0.2, 0.25) is 0 Å². The van der Waals surface area contributed by atoms with Gasteiger partial charge in [-0.2, -0.15) is 0 Å². The van der Waals surface area contributed by atoms with Gasteiger partial charge in [0.1, 0.15) is 35.2 Å². The fourth-order valence-electron chi connectivity index (χ4n) is 3.39. The number of carboxylic acid groups (broad SMARTS) is 1. The lowest BCUT2D eigenvalue weighted by molar-refractivity contribution is -0.116. The zero-order valence-electron chi connectivity index (χ0n) is 19.1. The molecule has 2 heterocycles. The number of aromatic nitrogens is 2. The molecule has 2 aromatic carbocycles. The number of nitrogens with zero attached hydrogens (tertiary/aromatic N) is 2. The van der Waals surface area contributed by atoms with E-state index < -0.39 is 23.4 Å². The Labute approximate surface area is 208 Å². The van der Waals surface area contributed by atoms with Gasteiger partial charge in [-0.05, 0) is 48.9 Å². The monoisotopic (exact) mass is 507 g/mol. The zero-order valence-corrected chi connectivity index (χ0v) is 19.9. The van der Waals surface area contributed by atoms with E-state index in [4.69, 9.17) is 14.6 Å². The number of carbonyl (C=O) groups excluding carboxylic acids is 2. The van der Waals surface area contributed by atoms with Gasteiger partial charge in [0.25, 0.3) is 5.56 Å². The maximum atomic E-state index is 13.0. The molecular weight excluding hydrogens is 486 g/mol.